The molecule has 110 valence electrons. The summed E-state index contributed by atoms with van der Waals surface area (Å²) >= 11 is 0. The molecule has 7 heteroatoms. The number of methoxy groups -OCH3 is 1. The predicted octanol–water partition coefficient (Wildman–Crippen LogP) is 1.09. The van der Waals surface area contributed by atoms with Gasteiger partial charge in [0, 0.05) is 11.3 Å². The van der Waals surface area contributed by atoms with Crippen LogP contribution in [-0.2, 0) is 11.2 Å². The Hall–Kier alpha value is -2.83. The fourth-order valence-corrected chi connectivity index (χ4v) is 2.33. The van der Waals surface area contributed by atoms with Crippen molar-refractivity contribution in [2.45, 2.75) is 6.42 Å². The number of nitrogens with two attached hydrogens (primary N) is 2. The molecule has 6 nitrogen and oxygen atoms in total. The molecular weight excluding hydrogens is 277 g/mol. The van der Waals surface area contributed by atoms with E-state index in [9.17, 15) is 14.0 Å². The molecule has 0 unspecified atom stereocenters. The lowest BCUT2D eigenvalue weighted by Gasteiger charge is -2.07. The first-order valence-corrected chi connectivity index (χ1v) is 6.02. The van der Waals surface area contributed by atoms with E-state index in [1.165, 1.54) is 19.3 Å². The number of fused-ring (bicyclic) bond motifs is 1. The summed E-state index contributed by atoms with van der Waals surface area (Å²) < 4.78 is 19.5. The molecule has 0 radical (unpaired) electrons. The number of halogens is 1. The summed E-state index contributed by atoms with van der Waals surface area (Å²) in [5.41, 5.74) is 11.1. The van der Waals surface area contributed by atoms with Crippen molar-refractivity contribution in [3.05, 3.63) is 35.3 Å². The maximum absolute atomic E-state index is 14.3. The number of aromatic amines is 1. The van der Waals surface area contributed by atoms with Gasteiger partial charge in [0.25, 0.3) is 5.91 Å². The van der Waals surface area contributed by atoms with Gasteiger partial charge in [-0.05, 0) is 6.07 Å². The van der Waals surface area contributed by atoms with Crippen molar-refractivity contribution in [1.29, 1.82) is 0 Å². The molecular formula is C14H14FN3O3. The third-order valence-electron chi connectivity index (χ3n) is 3.11. The van der Waals surface area contributed by atoms with E-state index in [1.54, 1.807) is 0 Å². The lowest BCUT2D eigenvalue weighted by molar-refractivity contribution is -0.117. The minimum absolute atomic E-state index is 0.0267. The summed E-state index contributed by atoms with van der Waals surface area (Å²) in [6, 6.07) is 1.18. The van der Waals surface area contributed by atoms with Crippen molar-refractivity contribution in [2.75, 3.05) is 7.11 Å². The monoisotopic (exact) mass is 291 g/mol. The van der Waals surface area contributed by atoms with Gasteiger partial charge in [-0.1, -0.05) is 12.7 Å². The smallest absolute Gasteiger partial charge is 0.251 e. The van der Waals surface area contributed by atoms with Crippen molar-refractivity contribution in [3.8, 4) is 5.75 Å². The molecule has 0 spiro atoms. The SMILES string of the molecule is C=Cc1cc(F)c2c(C(N)=O)c(CC(N)=O)[nH]c2c1OC. The fourth-order valence-electron chi connectivity index (χ4n) is 2.33. The number of nitrogens with one attached hydrogen (secondary N) is 1. The zero-order valence-corrected chi connectivity index (χ0v) is 11.3. The van der Waals surface area contributed by atoms with Gasteiger partial charge in [-0.3, -0.25) is 9.59 Å². The van der Waals surface area contributed by atoms with E-state index in [2.05, 4.69) is 11.6 Å². The molecule has 2 amide bonds. The number of carbonyl (C=O) groups excluding carboxylic acids is 2. The second-order valence-electron chi connectivity index (χ2n) is 4.42. The molecule has 21 heavy (non-hydrogen) atoms. The first kappa shape index (κ1) is 14.6. The van der Waals surface area contributed by atoms with Gasteiger partial charge in [0.15, 0.2) is 0 Å². The van der Waals surface area contributed by atoms with Crippen LogP contribution in [0.3, 0.4) is 0 Å². The van der Waals surface area contributed by atoms with Crippen LogP contribution in [-0.4, -0.2) is 23.9 Å². The average molecular weight is 291 g/mol. The Balaban J connectivity index is 2.92. The minimum Gasteiger partial charge on any atom is -0.494 e. The molecule has 0 saturated heterocycles. The van der Waals surface area contributed by atoms with Crippen LogP contribution < -0.4 is 16.2 Å². The number of ether oxygens (including phenoxy) is 1. The van der Waals surface area contributed by atoms with Crippen LogP contribution in [0.2, 0.25) is 0 Å². The van der Waals surface area contributed by atoms with E-state index < -0.39 is 17.6 Å². The van der Waals surface area contributed by atoms with Crippen molar-refractivity contribution >= 4 is 28.8 Å². The third-order valence-corrected chi connectivity index (χ3v) is 3.11. The largest absolute Gasteiger partial charge is 0.494 e. The Morgan fingerprint density at radius 2 is 2.14 bits per heavy atom. The van der Waals surface area contributed by atoms with Crippen LogP contribution >= 0.6 is 0 Å². The summed E-state index contributed by atoms with van der Waals surface area (Å²) in [5, 5.41) is -0.0267. The number of aromatic nitrogens is 1. The Morgan fingerprint density at radius 3 is 2.62 bits per heavy atom. The molecule has 1 aromatic heterocycles. The van der Waals surface area contributed by atoms with Gasteiger partial charge in [0.2, 0.25) is 5.91 Å². The van der Waals surface area contributed by atoms with Crippen molar-refractivity contribution in [3.63, 3.8) is 0 Å². The highest BCUT2D eigenvalue weighted by Crippen LogP contribution is 2.35. The number of hydrogen-bond acceptors (Lipinski definition) is 3. The van der Waals surface area contributed by atoms with Gasteiger partial charge in [-0.15, -0.1) is 0 Å². The quantitative estimate of drug-likeness (QED) is 0.766. The highest BCUT2D eigenvalue weighted by atomic mass is 19.1. The lowest BCUT2D eigenvalue weighted by Crippen LogP contribution is -2.18. The van der Waals surface area contributed by atoms with Crippen molar-refractivity contribution in [1.82, 2.24) is 4.98 Å². The Bertz CT molecular complexity index is 765. The topological polar surface area (TPSA) is 111 Å². The third kappa shape index (κ3) is 2.33. The van der Waals surface area contributed by atoms with Gasteiger partial charge in [0.1, 0.15) is 11.6 Å². The highest BCUT2D eigenvalue weighted by Gasteiger charge is 2.24. The van der Waals surface area contributed by atoms with E-state index in [4.69, 9.17) is 16.2 Å². The van der Waals surface area contributed by atoms with Crippen LogP contribution in [0.15, 0.2) is 12.6 Å². The van der Waals surface area contributed by atoms with Gasteiger partial charge in [-0.2, -0.15) is 0 Å². The van der Waals surface area contributed by atoms with Crippen LogP contribution in [0.25, 0.3) is 17.0 Å². The zero-order chi connectivity index (χ0) is 15.7. The molecule has 0 aliphatic rings. The van der Waals surface area contributed by atoms with Gasteiger partial charge >= 0.3 is 0 Å². The maximum atomic E-state index is 14.3. The summed E-state index contributed by atoms with van der Waals surface area (Å²) in [6.07, 6.45) is 1.15. The normalized spacial score (nSPS) is 10.6. The maximum Gasteiger partial charge on any atom is 0.251 e. The van der Waals surface area contributed by atoms with Gasteiger partial charge < -0.3 is 21.2 Å². The average Bonchev–Trinajstić information content (AvgIpc) is 2.77. The molecule has 2 rings (SSSR count). The molecule has 1 heterocycles. The Morgan fingerprint density at radius 1 is 1.48 bits per heavy atom. The number of hydrogen-bond donors (Lipinski definition) is 3. The van der Waals surface area contributed by atoms with Crippen LogP contribution in [0.1, 0.15) is 21.6 Å². The zero-order valence-electron chi connectivity index (χ0n) is 11.3. The molecule has 1 aromatic carbocycles. The van der Waals surface area contributed by atoms with Crippen LogP contribution in [0, 0.1) is 5.82 Å². The van der Waals surface area contributed by atoms with E-state index in [0.717, 1.165) is 0 Å². The Labute approximate surface area is 119 Å². The molecule has 5 N–H and O–H groups in total. The first-order chi connectivity index (χ1) is 9.90. The summed E-state index contributed by atoms with van der Waals surface area (Å²) in [6.45, 7) is 3.57. The van der Waals surface area contributed by atoms with Crippen molar-refractivity contribution in [2.24, 2.45) is 11.5 Å². The second kappa shape index (κ2) is 5.28. The molecule has 0 aliphatic heterocycles. The van der Waals surface area contributed by atoms with Gasteiger partial charge in [0.05, 0.1) is 30.0 Å². The number of amides is 2. The number of carbonyl (C=O) groups is 2. The number of rotatable bonds is 5. The molecule has 0 aliphatic carbocycles. The second-order valence-corrected chi connectivity index (χ2v) is 4.42. The molecule has 2 aromatic rings. The Kier molecular flexibility index (Phi) is 3.66. The molecule has 0 atom stereocenters. The molecule has 0 saturated carbocycles. The lowest BCUT2D eigenvalue weighted by atomic mass is 10.0. The molecule has 0 fully saturated rings. The van der Waals surface area contributed by atoms with E-state index in [1.807, 2.05) is 0 Å². The predicted molar refractivity (Wildman–Crippen MR) is 76.3 cm³/mol. The number of primary amides is 2. The van der Waals surface area contributed by atoms with Gasteiger partial charge in [-0.25, -0.2) is 4.39 Å². The number of benzene rings is 1. The summed E-state index contributed by atoms with van der Waals surface area (Å²) in [4.78, 5) is 25.5. The van der Waals surface area contributed by atoms with Crippen LogP contribution in [0.5, 0.6) is 5.75 Å². The first-order valence-electron chi connectivity index (χ1n) is 6.02. The summed E-state index contributed by atoms with van der Waals surface area (Å²) in [7, 11) is 1.40. The van der Waals surface area contributed by atoms with Crippen LogP contribution in [0.4, 0.5) is 4.39 Å². The fraction of sp³-hybridized carbons (Fsp3) is 0.143. The standard InChI is InChI=1S/C14H14FN3O3/c1-3-6-4-7(15)10-11(14(17)20)8(5-9(16)19)18-12(10)13(6)21-2/h3-4,18H,1,5H2,2H3,(H2,16,19)(H2,17,20). The van der Waals surface area contributed by atoms with E-state index in [0.29, 0.717) is 11.3 Å². The van der Waals surface area contributed by atoms with E-state index in [-0.39, 0.29) is 28.6 Å². The minimum atomic E-state index is -0.857. The highest BCUT2D eigenvalue weighted by molar-refractivity contribution is 6.10. The van der Waals surface area contributed by atoms with Crippen molar-refractivity contribution < 1.29 is 18.7 Å². The molecule has 0 bridgehead atoms. The van der Waals surface area contributed by atoms with E-state index >= 15 is 0 Å². The number of H-pyrrole nitrogens is 1. The summed E-state index contributed by atoms with van der Waals surface area (Å²) in [5.74, 6) is -1.89.